The number of likely N-dealkylation sites (tertiary alicyclic amines) is 1. The zero-order chi connectivity index (χ0) is 35.1. The van der Waals surface area contributed by atoms with Crippen LogP contribution in [0.15, 0.2) is 55.6 Å². The van der Waals surface area contributed by atoms with Crippen molar-refractivity contribution in [2.75, 3.05) is 26.7 Å². The fraction of sp³-hybridized carbons (Fsp3) is 0.641. The maximum absolute atomic E-state index is 14.8. The van der Waals surface area contributed by atoms with E-state index in [0.717, 1.165) is 37.7 Å². The second-order valence-corrected chi connectivity index (χ2v) is 14.3. The molecule has 268 valence electrons. The molecule has 0 radical (unpaired) electrons. The van der Waals surface area contributed by atoms with Crippen molar-refractivity contribution < 1.29 is 33.8 Å². The van der Waals surface area contributed by atoms with Gasteiger partial charge >= 0.3 is 5.97 Å². The number of ether oxygens (including phenoxy) is 2. The van der Waals surface area contributed by atoms with Crippen molar-refractivity contribution in [3.05, 3.63) is 61.2 Å². The minimum Gasteiger partial charge on any atom is -0.455 e. The molecule has 5 rings (SSSR count). The second-order valence-electron chi connectivity index (χ2n) is 14.3. The van der Waals surface area contributed by atoms with E-state index >= 15 is 0 Å². The highest BCUT2D eigenvalue weighted by Gasteiger charge is 2.75. The first-order chi connectivity index (χ1) is 23.7. The van der Waals surface area contributed by atoms with Crippen molar-refractivity contribution in [2.24, 2.45) is 11.8 Å². The molecule has 3 aliphatic heterocycles. The standard InChI is InChI=1S/C39H55N3O7/c1-5-7-21-31(44)40(4)27(3)34(28-17-11-8-12-18-28)48-38(47)32-30-22-23-39(49-30)33(32)36(45)42(25-15-10-16-26-43)35(39)37(46)41(24-6-2)29-19-13-9-14-20-29/h5-6,8,11-12,17-18,27,29-30,32-35,43H,1-2,7,9-10,13-16,19-26H2,3-4H3/t27-,30-,32+,33+,34+,35-,39+/m0/s1. The number of aliphatic hydroxyl groups excluding tert-OH is 1. The monoisotopic (exact) mass is 677 g/mol. The highest BCUT2D eigenvalue weighted by atomic mass is 16.6. The number of allylic oxidation sites excluding steroid dienone is 1. The molecule has 2 bridgehead atoms. The van der Waals surface area contributed by atoms with Crippen LogP contribution in [0.25, 0.3) is 0 Å². The van der Waals surface area contributed by atoms with Gasteiger partial charge in [0.1, 0.15) is 17.7 Å². The molecule has 1 aromatic carbocycles. The molecule has 0 unspecified atom stereocenters. The van der Waals surface area contributed by atoms with E-state index in [0.29, 0.717) is 58.0 Å². The quantitative estimate of drug-likeness (QED) is 0.141. The molecule has 1 saturated carbocycles. The van der Waals surface area contributed by atoms with Gasteiger partial charge in [-0.1, -0.05) is 61.7 Å². The van der Waals surface area contributed by atoms with Gasteiger partial charge in [0.15, 0.2) is 0 Å². The topological polar surface area (TPSA) is 117 Å². The first-order valence-corrected chi connectivity index (χ1v) is 18.3. The van der Waals surface area contributed by atoms with Crippen LogP contribution in [0.2, 0.25) is 0 Å². The number of benzene rings is 1. The van der Waals surface area contributed by atoms with Crippen LogP contribution in [-0.2, 0) is 28.7 Å². The number of esters is 1. The number of rotatable bonds is 17. The van der Waals surface area contributed by atoms with Gasteiger partial charge in [-0.3, -0.25) is 19.2 Å². The van der Waals surface area contributed by atoms with Crippen LogP contribution in [0.4, 0.5) is 0 Å². The Hall–Kier alpha value is -3.50. The molecule has 1 N–H and O–H groups in total. The molecule has 7 atom stereocenters. The summed E-state index contributed by atoms with van der Waals surface area (Å²) in [5, 5.41) is 9.39. The van der Waals surface area contributed by atoms with Crippen LogP contribution in [-0.4, -0.2) is 100 Å². The van der Waals surface area contributed by atoms with Gasteiger partial charge in [0, 0.05) is 39.2 Å². The normalized spacial score (nSPS) is 27.3. The fourth-order valence-corrected chi connectivity index (χ4v) is 8.74. The van der Waals surface area contributed by atoms with Crippen molar-refractivity contribution in [2.45, 2.75) is 120 Å². The number of amides is 3. The third-order valence-corrected chi connectivity index (χ3v) is 11.4. The molecule has 49 heavy (non-hydrogen) atoms. The summed E-state index contributed by atoms with van der Waals surface area (Å²) in [4.78, 5) is 61.9. The summed E-state index contributed by atoms with van der Waals surface area (Å²) < 4.78 is 13.1. The van der Waals surface area contributed by atoms with E-state index in [-0.39, 0.29) is 30.4 Å². The summed E-state index contributed by atoms with van der Waals surface area (Å²) in [6.07, 6.45) is 11.0. The lowest BCUT2D eigenvalue weighted by Crippen LogP contribution is -2.58. The summed E-state index contributed by atoms with van der Waals surface area (Å²) in [6, 6.07) is 8.09. The van der Waals surface area contributed by atoms with Gasteiger partial charge in [0.05, 0.1) is 24.0 Å². The fourth-order valence-electron chi connectivity index (χ4n) is 8.74. The van der Waals surface area contributed by atoms with Gasteiger partial charge in [-0.2, -0.15) is 0 Å². The number of nitrogens with zero attached hydrogens (tertiary/aromatic N) is 3. The van der Waals surface area contributed by atoms with E-state index in [1.807, 2.05) is 42.2 Å². The molecule has 3 saturated heterocycles. The molecule has 3 heterocycles. The number of carbonyl (C=O) groups excluding carboxylic acids is 4. The van der Waals surface area contributed by atoms with Gasteiger partial charge in [0.25, 0.3) is 0 Å². The van der Waals surface area contributed by atoms with Crippen LogP contribution in [0, 0.1) is 11.8 Å². The molecule has 4 aliphatic rings. The van der Waals surface area contributed by atoms with Crippen LogP contribution >= 0.6 is 0 Å². The predicted molar refractivity (Wildman–Crippen MR) is 186 cm³/mol. The first-order valence-electron chi connectivity index (χ1n) is 18.3. The molecule has 10 heteroatoms. The summed E-state index contributed by atoms with van der Waals surface area (Å²) in [7, 11) is 1.71. The maximum atomic E-state index is 14.8. The molecule has 1 aromatic rings. The Morgan fingerprint density at radius 2 is 1.82 bits per heavy atom. The number of hydrogen-bond donors (Lipinski definition) is 1. The zero-order valence-electron chi connectivity index (χ0n) is 29.3. The Morgan fingerprint density at radius 3 is 2.49 bits per heavy atom. The summed E-state index contributed by atoms with van der Waals surface area (Å²) >= 11 is 0. The van der Waals surface area contributed by atoms with E-state index in [9.17, 15) is 24.3 Å². The Labute approximate surface area is 291 Å². The summed E-state index contributed by atoms with van der Waals surface area (Å²) in [5.41, 5.74) is -0.381. The number of aliphatic hydroxyl groups is 1. The van der Waals surface area contributed by atoms with Gasteiger partial charge in [-0.15, -0.1) is 13.2 Å². The number of likely N-dealkylation sites (N-methyl/N-ethyl adjacent to an activating group) is 1. The van der Waals surface area contributed by atoms with E-state index in [2.05, 4.69) is 13.2 Å². The molecule has 10 nitrogen and oxygen atoms in total. The minimum atomic E-state index is -1.13. The number of unbranched alkanes of at least 4 members (excludes halogenated alkanes) is 2. The Balaban J connectivity index is 1.45. The lowest BCUT2D eigenvalue weighted by molar-refractivity contribution is -0.164. The highest BCUT2D eigenvalue weighted by molar-refractivity contribution is 5.98. The van der Waals surface area contributed by atoms with Crippen LogP contribution < -0.4 is 0 Å². The van der Waals surface area contributed by atoms with E-state index < -0.39 is 47.7 Å². The molecule has 4 fully saturated rings. The molecule has 1 spiro atoms. The molecular formula is C39H55N3O7. The average molecular weight is 678 g/mol. The van der Waals surface area contributed by atoms with Crippen molar-refractivity contribution in [3.63, 3.8) is 0 Å². The second kappa shape index (κ2) is 16.5. The van der Waals surface area contributed by atoms with Gasteiger partial charge in [-0.05, 0) is 63.9 Å². The number of carbonyl (C=O) groups is 4. The largest absolute Gasteiger partial charge is 0.455 e. The SMILES string of the molecule is C=CCCC(=O)N(C)[C@@H](C)[C@@H](OC(=O)[C@@H]1[C@@H]2CC[C@]3(O2)[C@H](C(=O)N(CC=C)C2CCCCC2)N(CCCCCO)C(=O)[C@@H]13)c1ccccc1. The van der Waals surface area contributed by atoms with Crippen LogP contribution in [0.1, 0.15) is 95.6 Å². The smallest absolute Gasteiger partial charge is 0.313 e. The van der Waals surface area contributed by atoms with E-state index in [1.54, 1.807) is 29.0 Å². The zero-order valence-corrected chi connectivity index (χ0v) is 29.3. The molecule has 3 amide bonds. The third kappa shape index (κ3) is 7.36. The Bertz CT molecular complexity index is 1350. The molecular weight excluding hydrogens is 622 g/mol. The Morgan fingerprint density at radius 1 is 1.08 bits per heavy atom. The maximum Gasteiger partial charge on any atom is 0.313 e. The van der Waals surface area contributed by atoms with Crippen molar-refractivity contribution in [1.82, 2.24) is 14.7 Å². The summed E-state index contributed by atoms with van der Waals surface area (Å²) in [5.74, 6) is -2.72. The Kier molecular flexibility index (Phi) is 12.4. The minimum absolute atomic E-state index is 0.0619. The van der Waals surface area contributed by atoms with E-state index in [1.165, 1.54) is 0 Å². The highest BCUT2D eigenvalue weighted by Crippen LogP contribution is 2.59. The predicted octanol–water partition coefficient (Wildman–Crippen LogP) is 4.97. The van der Waals surface area contributed by atoms with Gasteiger partial charge < -0.3 is 29.3 Å². The number of hydrogen-bond acceptors (Lipinski definition) is 7. The number of fused-ring (bicyclic) bond motifs is 1. The van der Waals surface area contributed by atoms with Gasteiger partial charge in [0.2, 0.25) is 17.7 Å². The lowest BCUT2D eigenvalue weighted by atomic mass is 9.70. The third-order valence-electron chi connectivity index (χ3n) is 11.4. The van der Waals surface area contributed by atoms with Crippen LogP contribution in [0.5, 0.6) is 0 Å². The van der Waals surface area contributed by atoms with Crippen molar-refractivity contribution in [1.29, 1.82) is 0 Å². The van der Waals surface area contributed by atoms with Crippen molar-refractivity contribution >= 4 is 23.7 Å². The van der Waals surface area contributed by atoms with Crippen molar-refractivity contribution in [3.8, 4) is 0 Å². The van der Waals surface area contributed by atoms with Crippen LogP contribution in [0.3, 0.4) is 0 Å². The van der Waals surface area contributed by atoms with E-state index in [4.69, 9.17) is 9.47 Å². The lowest BCUT2D eigenvalue weighted by Gasteiger charge is -2.40. The first kappa shape index (κ1) is 36.8. The summed E-state index contributed by atoms with van der Waals surface area (Å²) in [6.45, 7) is 10.3. The molecule has 0 aromatic heterocycles. The average Bonchev–Trinajstić information content (AvgIpc) is 3.77. The molecule has 1 aliphatic carbocycles. The van der Waals surface area contributed by atoms with Gasteiger partial charge in [-0.25, -0.2) is 0 Å².